The first-order chi connectivity index (χ1) is 14.5. The Morgan fingerprint density at radius 3 is 2.73 bits per heavy atom. The van der Waals surface area contributed by atoms with E-state index in [2.05, 4.69) is 10.1 Å². The Kier molecular flexibility index (Phi) is 4.62. The van der Waals surface area contributed by atoms with E-state index in [-0.39, 0.29) is 11.3 Å². The van der Waals surface area contributed by atoms with Crippen molar-refractivity contribution in [2.45, 2.75) is 38.0 Å². The molecule has 1 amide bonds. The average molecular weight is 422 g/mol. The number of rotatable bonds is 2. The van der Waals surface area contributed by atoms with Gasteiger partial charge in [-0.05, 0) is 38.2 Å². The Morgan fingerprint density at radius 2 is 2.00 bits per heavy atom. The van der Waals surface area contributed by atoms with Gasteiger partial charge in [0.2, 0.25) is 0 Å². The van der Waals surface area contributed by atoms with E-state index in [1.165, 1.54) is 5.56 Å². The molecule has 0 saturated carbocycles. The average Bonchev–Trinajstić information content (AvgIpc) is 3.24. The molecule has 1 aromatic carbocycles. The van der Waals surface area contributed by atoms with Crippen molar-refractivity contribution in [1.29, 1.82) is 0 Å². The molecular weight excluding hydrogens is 398 g/mol. The Morgan fingerprint density at radius 1 is 1.20 bits per heavy atom. The van der Waals surface area contributed by atoms with Crippen molar-refractivity contribution >= 4 is 17.5 Å². The molecule has 0 N–H and O–H groups in total. The molecule has 5 rings (SSSR count). The predicted molar refractivity (Wildman–Crippen MR) is 116 cm³/mol. The Bertz CT molecular complexity index is 1120. The molecule has 1 fully saturated rings. The summed E-state index contributed by atoms with van der Waals surface area (Å²) in [4.78, 5) is 24.9. The summed E-state index contributed by atoms with van der Waals surface area (Å²) >= 11 is 6.40. The van der Waals surface area contributed by atoms with E-state index < -0.39 is 0 Å². The number of halogens is 1. The predicted octanol–water partition coefficient (Wildman–Crippen LogP) is 3.96. The Balaban J connectivity index is 1.49. The van der Waals surface area contributed by atoms with Gasteiger partial charge < -0.3 is 4.90 Å². The first-order valence-corrected chi connectivity index (χ1v) is 10.8. The third-order valence-corrected chi connectivity index (χ3v) is 6.94. The molecule has 1 spiro atoms. The normalized spacial score (nSPS) is 20.6. The zero-order chi connectivity index (χ0) is 20.9. The summed E-state index contributed by atoms with van der Waals surface area (Å²) < 4.78 is 1.60. The van der Waals surface area contributed by atoms with Gasteiger partial charge in [0.1, 0.15) is 5.69 Å². The standard InChI is InChI=1S/C23H24ClN5O/c1-15-18(24)19(28(2)27-15)22(30)29-12-6-10-23(14-29)11-9-17-13-25-21(26-20(17)23)16-7-4-3-5-8-16/h3-5,7-8,13H,6,9-12,14H2,1-2H3. The highest BCUT2D eigenvalue weighted by molar-refractivity contribution is 6.34. The minimum Gasteiger partial charge on any atom is -0.336 e. The lowest BCUT2D eigenvalue weighted by molar-refractivity contribution is 0.0622. The number of benzene rings is 1. The van der Waals surface area contributed by atoms with Gasteiger partial charge in [-0.15, -0.1) is 0 Å². The number of carbonyl (C=O) groups excluding carboxylic acids is 1. The molecule has 0 bridgehead atoms. The van der Waals surface area contributed by atoms with Crippen LogP contribution in [-0.4, -0.2) is 43.6 Å². The lowest BCUT2D eigenvalue weighted by Crippen LogP contribution is -2.48. The number of piperidine rings is 1. The van der Waals surface area contributed by atoms with E-state index in [1.54, 1.807) is 11.7 Å². The summed E-state index contributed by atoms with van der Waals surface area (Å²) in [6.07, 6.45) is 5.91. The van der Waals surface area contributed by atoms with Crippen LogP contribution in [0.15, 0.2) is 36.5 Å². The second kappa shape index (κ2) is 7.20. The van der Waals surface area contributed by atoms with Crippen LogP contribution in [0.4, 0.5) is 0 Å². The number of fused-ring (bicyclic) bond motifs is 2. The maximum Gasteiger partial charge on any atom is 0.273 e. The first-order valence-electron chi connectivity index (χ1n) is 10.4. The molecule has 2 aliphatic rings. The fourth-order valence-electron chi connectivity index (χ4n) is 4.98. The Hall–Kier alpha value is -2.73. The van der Waals surface area contributed by atoms with Gasteiger partial charge in [0.25, 0.3) is 5.91 Å². The number of hydrogen-bond donors (Lipinski definition) is 0. The smallest absolute Gasteiger partial charge is 0.273 e. The first kappa shape index (κ1) is 19.2. The highest BCUT2D eigenvalue weighted by Gasteiger charge is 2.45. The van der Waals surface area contributed by atoms with E-state index in [4.69, 9.17) is 16.6 Å². The Labute approximate surface area is 180 Å². The van der Waals surface area contributed by atoms with Gasteiger partial charge in [-0.3, -0.25) is 9.48 Å². The molecule has 3 aromatic rings. The molecule has 1 unspecified atom stereocenters. The van der Waals surface area contributed by atoms with Crippen molar-refractivity contribution < 1.29 is 4.79 Å². The largest absolute Gasteiger partial charge is 0.336 e. The number of nitrogens with zero attached hydrogens (tertiary/aromatic N) is 5. The van der Waals surface area contributed by atoms with E-state index >= 15 is 0 Å². The summed E-state index contributed by atoms with van der Waals surface area (Å²) in [5, 5.41) is 4.76. The maximum atomic E-state index is 13.3. The van der Waals surface area contributed by atoms with E-state index in [0.29, 0.717) is 23.0 Å². The molecule has 7 heteroatoms. The summed E-state index contributed by atoms with van der Waals surface area (Å²) in [5.41, 5.74) is 4.37. The van der Waals surface area contributed by atoms with Crippen LogP contribution < -0.4 is 0 Å². The van der Waals surface area contributed by atoms with Gasteiger partial charge in [-0.2, -0.15) is 5.10 Å². The maximum absolute atomic E-state index is 13.3. The van der Waals surface area contributed by atoms with Gasteiger partial charge in [0, 0.05) is 37.3 Å². The third-order valence-electron chi connectivity index (χ3n) is 6.49. The van der Waals surface area contributed by atoms with Crippen LogP contribution in [0, 0.1) is 6.92 Å². The van der Waals surface area contributed by atoms with Crippen LogP contribution in [0.25, 0.3) is 11.4 Å². The van der Waals surface area contributed by atoms with Crippen molar-refractivity contribution in [2.24, 2.45) is 7.05 Å². The fourth-order valence-corrected chi connectivity index (χ4v) is 5.23. The molecule has 1 aliphatic carbocycles. The summed E-state index contributed by atoms with van der Waals surface area (Å²) in [6, 6.07) is 10.1. The van der Waals surface area contributed by atoms with Crippen molar-refractivity contribution in [3.05, 3.63) is 64.2 Å². The minimum atomic E-state index is -0.115. The second-order valence-electron chi connectivity index (χ2n) is 8.42. The van der Waals surface area contributed by atoms with E-state index in [1.807, 2.05) is 48.4 Å². The van der Waals surface area contributed by atoms with Crippen LogP contribution in [0.1, 0.15) is 46.7 Å². The van der Waals surface area contributed by atoms with Crippen LogP contribution in [-0.2, 0) is 18.9 Å². The van der Waals surface area contributed by atoms with Crippen LogP contribution >= 0.6 is 11.6 Å². The molecule has 30 heavy (non-hydrogen) atoms. The number of likely N-dealkylation sites (tertiary alicyclic amines) is 1. The molecule has 154 valence electrons. The lowest BCUT2D eigenvalue weighted by Gasteiger charge is -2.40. The number of hydrogen-bond acceptors (Lipinski definition) is 4. The monoisotopic (exact) mass is 421 g/mol. The van der Waals surface area contributed by atoms with Gasteiger partial charge in [-0.25, -0.2) is 9.97 Å². The zero-order valence-corrected chi connectivity index (χ0v) is 18.0. The summed E-state index contributed by atoms with van der Waals surface area (Å²) in [5.74, 6) is 0.706. The van der Waals surface area contributed by atoms with Crippen LogP contribution in [0.2, 0.25) is 5.02 Å². The van der Waals surface area contributed by atoms with Gasteiger partial charge in [0.15, 0.2) is 5.82 Å². The van der Waals surface area contributed by atoms with Gasteiger partial charge in [-0.1, -0.05) is 41.9 Å². The van der Waals surface area contributed by atoms with E-state index in [0.717, 1.165) is 49.3 Å². The molecule has 1 atom stereocenters. The molecule has 1 saturated heterocycles. The van der Waals surface area contributed by atoms with Gasteiger partial charge >= 0.3 is 0 Å². The molecular formula is C23H24ClN5O. The summed E-state index contributed by atoms with van der Waals surface area (Å²) in [6.45, 7) is 3.21. The van der Waals surface area contributed by atoms with Crippen LogP contribution in [0.5, 0.6) is 0 Å². The zero-order valence-electron chi connectivity index (χ0n) is 17.2. The van der Waals surface area contributed by atoms with Crippen LogP contribution in [0.3, 0.4) is 0 Å². The van der Waals surface area contributed by atoms with Gasteiger partial charge in [0.05, 0.1) is 16.4 Å². The van der Waals surface area contributed by atoms with Crippen molar-refractivity contribution in [1.82, 2.24) is 24.6 Å². The molecule has 3 heterocycles. The van der Waals surface area contributed by atoms with Crippen molar-refractivity contribution in [2.75, 3.05) is 13.1 Å². The molecule has 0 radical (unpaired) electrons. The number of aryl methyl sites for hydroxylation is 3. The molecule has 2 aromatic heterocycles. The van der Waals surface area contributed by atoms with Crippen molar-refractivity contribution in [3.63, 3.8) is 0 Å². The fraction of sp³-hybridized carbons (Fsp3) is 0.391. The van der Waals surface area contributed by atoms with E-state index in [9.17, 15) is 4.79 Å². The molecule has 6 nitrogen and oxygen atoms in total. The molecule has 1 aliphatic heterocycles. The number of carbonyl (C=O) groups is 1. The highest BCUT2D eigenvalue weighted by Crippen LogP contribution is 2.44. The second-order valence-corrected chi connectivity index (χ2v) is 8.79. The highest BCUT2D eigenvalue weighted by atomic mass is 35.5. The third kappa shape index (κ3) is 3.01. The quantitative estimate of drug-likeness (QED) is 0.628. The van der Waals surface area contributed by atoms with Crippen molar-refractivity contribution in [3.8, 4) is 11.4 Å². The summed E-state index contributed by atoms with van der Waals surface area (Å²) in [7, 11) is 1.77. The SMILES string of the molecule is Cc1nn(C)c(C(=O)N2CCCC3(CCc4cnc(-c5ccccc5)nc43)C2)c1Cl. The number of aromatic nitrogens is 4. The topological polar surface area (TPSA) is 63.9 Å². The lowest BCUT2D eigenvalue weighted by atomic mass is 9.77. The minimum absolute atomic E-state index is 0.0482. The number of amides is 1.